The normalized spacial score (nSPS) is 11.9. The highest BCUT2D eigenvalue weighted by molar-refractivity contribution is 6.17. The molecule has 4 heteroatoms. The molecule has 0 aliphatic carbocycles. The van der Waals surface area contributed by atoms with Crippen molar-refractivity contribution in [2.45, 2.75) is 59.0 Å². The maximum absolute atomic E-state index is 9.43. The minimum Gasteiger partial charge on any atom is -0.481 e. The lowest BCUT2D eigenvalue weighted by molar-refractivity contribution is -0.134. The Bertz CT molecular complexity index is 156. The number of carboxylic acid groups (broad SMARTS) is 1. The second kappa shape index (κ2) is 12.8. The van der Waals surface area contributed by atoms with Gasteiger partial charge in [0, 0.05) is 12.8 Å². The van der Waals surface area contributed by atoms with E-state index in [-0.39, 0.29) is 6.10 Å². The SMILES string of the molecule is CC(=O)O.CC(C)CCCC(O)CCCCl. The van der Waals surface area contributed by atoms with Gasteiger partial charge < -0.3 is 10.2 Å². The zero-order chi connectivity index (χ0) is 13.0. The van der Waals surface area contributed by atoms with Gasteiger partial charge in [0.1, 0.15) is 0 Å². The van der Waals surface area contributed by atoms with Gasteiger partial charge in [0.15, 0.2) is 0 Å². The van der Waals surface area contributed by atoms with E-state index in [0.29, 0.717) is 5.88 Å². The Morgan fingerprint density at radius 3 is 2.00 bits per heavy atom. The first kappa shape index (κ1) is 18.1. The molecule has 0 bridgehead atoms. The molecule has 0 fully saturated rings. The van der Waals surface area contributed by atoms with E-state index < -0.39 is 5.97 Å². The minimum absolute atomic E-state index is 0.123. The van der Waals surface area contributed by atoms with Gasteiger partial charge >= 0.3 is 0 Å². The molecule has 0 saturated heterocycles. The van der Waals surface area contributed by atoms with Gasteiger partial charge in [-0.25, -0.2) is 0 Å². The van der Waals surface area contributed by atoms with Gasteiger partial charge in [-0.15, -0.1) is 11.6 Å². The number of rotatable bonds is 7. The van der Waals surface area contributed by atoms with E-state index in [9.17, 15) is 5.11 Å². The van der Waals surface area contributed by atoms with Gasteiger partial charge in [-0.3, -0.25) is 4.79 Å². The highest BCUT2D eigenvalue weighted by Crippen LogP contribution is 2.11. The number of aliphatic hydroxyl groups is 1. The Balaban J connectivity index is 0. The fourth-order valence-corrected chi connectivity index (χ4v) is 1.37. The van der Waals surface area contributed by atoms with E-state index in [1.807, 2.05) is 0 Å². The average Bonchev–Trinajstić information content (AvgIpc) is 2.13. The molecule has 0 heterocycles. The molecule has 0 saturated carbocycles. The van der Waals surface area contributed by atoms with Crippen LogP contribution in [0.1, 0.15) is 52.9 Å². The molecule has 2 N–H and O–H groups in total. The van der Waals surface area contributed by atoms with Crippen molar-refractivity contribution in [2.24, 2.45) is 5.92 Å². The van der Waals surface area contributed by atoms with Gasteiger partial charge in [-0.2, -0.15) is 0 Å². The molecule has 0 aliphatic rings. The summed E-state index contributed by atoms with van der Waals surface area (Å²) in [6.07, 6.45) is 4.97. The first-order chi connectivity index (χ1) is 7.40. The third-order valence-electron chi connectivity index (χ3n) is 1.99. The summed E-state index contributed by atoms with van der Waals surface area (Å²) < 4.78 is 0. The fraction of sp³-hybridized carbons (Fsp3) is 0.917. The summed E-state index contributed by atoms with van der Waals surface area (Å²) in [5, 5.41) is 16.9. The van der Waals surface area contributed by atoms with Crippen LogP contribution in [0.4, 0.5) is 0 Å². The van der Waals surface area contributed by atoms with Gasteiger partial charge in [0.2, 0.25) is 0 Å². The van der Waals surface area contributed by atoms with E-state index in [0.717, 1.165) is 38.5 Å². The Labute approximate surface area is 104 Å². The van der Waals surface area contributed by atoms with Crippen molar-refractivity contribution in [2.75, 3.05) is 5.88 Å². The molecule has 0 amide bonds. The van der Waals surface area contributed by atoms with Crippen molar-refractivity contribution in [1.82, 2.24) is 0 Å². The highest BCUT2D eigenvalue weighted by atomic mass is 35.5. The standard InChI is InChI=1S/C10H21ClO.C2H4O2/c1-9(2)5-3-6-10(12)7-4-8-11;1-2(3)4/h9-10,12H,3-8H2,1-2H3;1H3,(H,3,4). The van der Waals surface area contributed by atoms with E-state index in [4.69, 9.17) is 21.5 Å². The molecule has 0 aromatic heterocycles. The van der Waals surface area contributed by atoms with Crippen molar-refractivity contribution < 1.29 is 15.0 Å². The third-order valence-corrected chi connectivity index (χ3v) is 2.26. The van der Waals surface area contributed by atoms with Crippen molar-refractivity contribution >= 4 is 17.6 Å². The van der Waals surface area contributed by atoms with Crippen LogP contribution in [0, 0.1) is 5.92 Å². The first-order valence-corrected chi connectivity index (χ1v) is 6.37. The number of aliphatic carboxylic acids is 1. The van der Waals surface area contributed by atoms with Crippen LogP contribution in [-0.2, 0) is 4.79 Å². The van der Waals surface area contributed by atoms with Crippen LogP contribution in [0.25, 0.3) is 0 Å². The zero-order valence-electron chi connectivity index (χ0n) is 10.6. The Morgan fingerprint density at radius 1 is 1.19 bits per heavy atom. The van der Waals surface area contributed by atoms with Crippen LogP contribution in [0.15, 0.2) is 0 Å². The van der Waals surface area contributed by atoms with Gasteiger partial charge in [0.25, 0.3) is 5.97 Å². The maximum atomic E-state index is 9.43. The molecule has 0 aromatic carbocycles. The van der Waals surface area contributed by atoms with E-state index >= 15 is 0 Å². The van der Waals surface area contributed by atoms with Crippen molar-refractivity contribution in [3.05, 3.63) is 0 Å². The van der Waals surface area contributed by atoms with Crippen molar-refractivity contribution in [3.8, 4) is 0 Å². The lowest BCUT2D eigenvalue weighted by Crippen LogP contribution is -2.06. The number of alkyl halides is 1. The molecule has 98 valence electrons. The minimum atomic E-state index is -0.833. The zero-order valence-corrected chi connectivity index (χ0v) is 11.3. The van der Waals surface area contributed by atoms with Crippen LogP contribution in [-0.4, -0.2) is 28.2 Å². The molecular formula is C12H25ClO3. The summed E-state index contributed by atoms with van der Waals surface area (Å²) in [5.41, 5.74) is 0. The van der Waals surface area contributed by atoms with Gasteiger partial charge in [0.05, 0.1) is 6.10 Å². The second-order valence-electron chi connectivity index (χ2n) is 4.33. The van der Waals surface area contributed by atoms with E-state index in [2.05, 4.69) is 13.8 Å². The van der Waals surface area contributed by atoms with Crippen LogP contribution in [0.2, 0.25) is 0 Å². The summed E-state index contributed by atoms with van der Waals surface area (Å²) >= 11 is 5.52. The highest BCUT2D eigenvalue weighted by Gasteiger charge is 2.03. The monoisotopic (exact) mass is 252 g/mol. The molecule has 0 radical (unpaired) electrons. The average molecular weight is 253 g/mol. The Hall–Kier alpha value is -0.280. The van der Waals surface area contributed by atoms with Crippen molar-refractivity contribution in [3.63, 3.8) is 0 Å². The molecule has 0 aromatic rings. The van der Waals surface area contributed by atoms with Gasteiger partial charge in [-0.1, -0.05) is 26.7 Å². The van der Waals surface area contributed by atoms with Crippen LogP contribution in [0.3, 0.4) is 0 Å². The number of carbonyl (C=O) groups is 1. The first-order valence-electron chi connectivity index (χ1n) is 5.83. The van der Waals surface area contributed by atoms with Crippen molar-refractivity contribution in [1.29, 1.82) is 0 Å². The van der Waals surface area contributed by atoms with Crippen LogP contribution in [0.5, 0.6) is 0 Å². The van der Waals surface area contributed by atoms with E-state index in [1.54, 1.807) is 0 Å². The lowest BCUT2D eigenvalue weighted by atomic mass is 10.0. The van der Waals surface area contributed by atoms with Crippen LogP contribution >= 0.6 is 11.6 Å². The molecule has 16 heavy (non-hydrogen) atoms. The summed E-state index contributed by atoms with van der Waals surface area (Å²) in [6.45, 7) is 5.51. The topological polar surface area (TPSA) is 57.5 Å². The molecule has 0 rings (SSSR count). The molecule has 1 unspecified atom stereocenters. The molecule has 0 spiro atoms. The van der Waals surface area contributed by atoms with E-state index in [1.165, 1.54) is 6.42 Å². The van der Waals surface area contributed by atoms with Gasteiger partial charge in [-0.05, 0) is 25.2 Å². The molecule has 0 aliphatic heterocycles. The molecular weight excluding hydrogens is 228 g/mol. The number of halogens is 1. The smallest absolute Gasteiger partial charge is 0.300 e. The summed E-state index contributed by atoms with van der Waals surface area (Å²) in [6, 6.07) is 0. The number of carboxylic acids is 1. The summed E-state index contributed by atoms with van der Waals surface area (Å²) in [7, 11) is 0. The predicted octanol–water partition coefficient (Wildman–Crippen LogP) is 3.28. The largest absolute Gasteiger partial charge is 0.481 e. The van der Waals surface area contributed by atoms with Crippen LogP contribution < -0.4 is 0 Å². The second-order valence-corrected chi connectivity index (χ2v) is 4.71. The fourth-order valence-electron chi connectivity index (χ4n) is 1.22. The molecule has 3 nitrogen and oxygen atoms in total. The maximum Gasteiger partial charge on any atom is 0.300 e. The summed E-state index contributed by atoms with van der Waals surface area (Å²) in [4.78, 5) is 9.00. The lowest BCUT2D eigenvalue weighted by Gasteiger charge is -2.10. The third kappa shape index (κ3) is 23.5. The predicted molar refractivity (Wildman–Crippen MR) is 68.0 cm³/mol. The molecule has 1 atom stereocenters. The number of aliphatic hydroxyl groups excluding tert-OH is 1. The number of hydrogen-bond donors (Lipinski definition) is 2. The quantitative estimate of drug-likeness (QED) is 0.684. The number of hydrogen-bond acceptors (Lipinski definition) is 2. The Morgan fingerprint density at radius 2 is 1.62 bits per heavy atom. The summed E-state index contributed by atoms with van der Waals surface area (Å²) in [5.74, 6) is 0.589. The Kier molecular flexibility index (Phi) is 14.5.